The van der Waals surface area contributed by atoms with Gasteiger partial charge in [0.1, 0.15) is 9.84 Å². The predicted molar refractivity (Wildman–Crippen MR) is 181 cm³/mol. The number of aliphatic hydroxyl groups excluding tert-OH is 1. The summed E-state index contributed by atoms with van der Waals surface area (Å²) >= 11 is 0. The molecule has 1 saturated carbocycles. The smallest absolute Gasteiger partial charge is 0.251 e. The van der Waals surface area contributed by atoms with Crippen molar-refractivity contribution in [3.05, 3.63) is 59.7 Å². The van der Waals surface area contributed by atoms with Crippen LogP contribution in [-0.4, -0.2) is 87.1 Å². The Hall–Kier alpha value is -3.48. The summed E-state index contributed by atoms with van der Waals surface area (Å²) in [6.45, 7) is 2.78. The van der Waals surface area contributed by atoms with Gasteiger partial charge < -0.3 is 31.3 Å². The first kappa shape index (κ1) is 35.4. The lowest BCUT2D eigenvalue weighted by molar-refractivity contribution is -0.123. The monoisotopic (exact) mass is 655 g/mol. The molecule has 12 heteroatoms. The van der Waals surface area contributed by atoms with Crippen LogP contribution in [0.15, 0.2) is 48.5 Å². The van der Waals surface area contributed by atoms with Crippen LogP contribution in [0.1, 0.15) is 74.2 Å². The highest BCUT2D eigenvalue weighted by molar-refractivity contribution is 7.90. The lowest BCUT2D eigenvalue weighted by Crippen LogP contribution is -2.53. The van der Waals surface area contributed by atoms with E-state index in [9.17, 15) is 27.9 Å². The van der Waals surface area contributed by atoms with E-state index in [4.69, 9.17) is 0 Å². The molecule has 0 aromatic heterocycles. The van der Waals surface area contributed by atoms with E-state index >= 15 is 0 Å². The SMILES string of the molecule is C[C@H](NC[C@@H](O)C(Cc1ccccc1)NC(=O)c1cc(NCCCS(C)(=O)=O)cc(N2CCCC2=O)c1)C(=O)NC1CCCCC1. The molecule has 0 bridgehead atoms. The van der Waals surface area contributed by atoms with E-state index in [-0.39, 0.29) is 30.2 Å². The van der Waals surface area contributed by atoms with Gasteiger partial charge in [-0.3, -0.25) is 14.4 Å². The highest BCUT2D eigenvalue weighted by Crippen LogP contribution is 2.27. The van der Waals surface area contributed by atoms with E-state index in [0.717, 1.165) is 37.7 Å². The summed E-state index contributed by atoms with van der Waals surface area (Å²) in [6.07, 6.45) is 7.49. The molecule has 46 heavy (non-hydrogen) atoms. The van der Waals surface area contributed by atoms with Gasteiger partial charge in [0.2, 0.25) is 11.8 Å². The van der Waals surface area contributed by atoms with Crippen LogP contribution in [0.3, 0.4) is 0 Å². The first-order valence-electron chi connectivity index (χ1n) is 16.4. The number of aliphatic hydroxyl groups is 1. The van der Waals surface area contributed by atoms with Crippen molar-refractivity contribution >= 4 is 38.9 Å². The largest absolute Gasteiger partial charge is 0.390 e. The van der Waals surface area contributed by atoms with Gasteiger partial charge in [-0.15, -0.1) is 0 Å². The van der Waals surface area contributed by atoms with Crippen LogP contribution in [0.2, 0.25) is 0 Å². The maximum Gasteiger partial charge on any atom is 0.251 e. The van der Waals surface area contributed by atoms with Crippen molar-refractivity contribution in [2.45, 2.75) is 88.9 Å². The van der Waals surface area contributed by atoms with Crippen LogP contribution in [0.4, 0.5) is 11.4 Å². The third kappa shape index (κ3) is 11.1. The van der Waals surface area contributed by atoms with E-state index in [1.54, 1.807) is 30.0 Å². The molecular formula is C34H49N5O6S. The molecule has 1 saturated heterocycles. The average Bonchev–Trinajstić information content (AvgIpc) is 3.47. The third-order valence-electron chi connectivity index (χ3n) is 8.64. The summed E-state index contributed by atoms with van der Waals surface area (Å²) in [5.41, 5.74) is 2.41. The predicted octanol–water partition coefficient (Wildman–Crippen LogP) is 2.79. The molecule has 252 valence electrons. The van der Waals surface area contributed by atoms with Crippen LogP contribution in [0.25, 0.3) is 0 Å². The highest BCUT2D eigenvalue weighted by Gasteiger charge is 2.27. The topological polar surface area (TPSA) is 157 Å². The average molecular weight is 656 g/mol. The summed E-state index contributed by atoms with van der Waals surface area (Å²) in [4.78, 5) is 40.8. The maximum atomic E-state index is 13.8. The van der Waals surface area contributed by atoms with E-state index in [1.165, 1.54) is 12.7 Å². The van der Waals surface area contributed by atoms with E-state index < -0.39 is 33.9 Å². The van der Waals surface area contributed by atoms with Crippen molar-refractivity contribution in [2.75, 3.05) is 41.9 Å². The fourth-order valence-electron chi connectivity index (χ4n) is 6.00. The number of hydrogen-bond donors (Lipinski definition) is 5. The number of benzene rings is 2. The number of amides is 3. The molecule has 2 aromatic carbocycles. The van der Waals surface area contributed by atoms with Crippen LogP contribution >= 0.6 is 0 Å². The number of sulfone groups is 1. The van der Waals surface area contributed by atoms with Gasteiger partial charge in [0.05, 0.1) is 23.9 Å². The molecule has 11 nitrogen and oxygen atoms in total. The van der Waals surface area contributed by atoms with Crippen molar-refractivity contribution in [1.82, 2.24) is 16.0 Å². The second kappa shape index (κ2) is 16.9. The van der Waals surface area contributed by atoms with E-state index in [1.807, 2.05) is 30.3 Å². The van der Waals surface area contributed by atoms with Gasteiger partial charge >= 0.3 is 0 Å². The Balaban J connectivity index is 1.47. The summed E-state index contributed by atoms with van der Waals surface area (Å²) < 4.78 is 23.1. The minimum Gasteiger partial charge on any atom is -0.390 e. The molecule has 2 aliphatic rings. The molecule has 3 amide bonds. The van der Waals surface area contributed by atoms with Gasteiger partial charge in [0, 0.05) is 55.3 Å². The number of hydrogen-bond acceptors (Lipinski definition) is 8. The second-order valence-corrected chi connectivity index (χ2v) is 14.9. The van der Waals surface area contributed by atoms with Crippen LogP contribution in [0.5, 0.6) is 0 Å². The molecule has 1 aliphatic carbocycles. The maximum absolute atomic E-state index is 13.8. The number of carbonyl (C=O) groups excluding carboxylic acids is 3. The van der Waals surface area contributed by atoms with E-state index in [0.29, 0.717) is 49.3 Å². The standard InChI is InChI=1S/C34H49N5O6S/c1-24(33(42)37-27-13-7-4-8-14-27)36-23-31(40)30(19-25-11-5-3-6-12-25)38-34(43)26-20-28(35-16-10-18-46(2,44)45)22-29(21-26)39-17-9-15-32(39)41/h3,5-6,11-12,20-22,24,27,30-31,35-36,40H,4,7-10,13-19,23H2,1-2H3,(H,37,42)(H,38,43)/t24-,30?,31+/m0/s1. The molecule has 1 heterocycles. The lowest BCUT2D eigenvalue weighted by atomic mass is 9.95. The Morgan fingerprint density at radius 3 is 2.46 bits per heavy atom. The highest BCUT2D eigenvalue weighted by atomic mass is 32.2. The number of nitrogens with zero attached hydrogens (tertiary/aromatic N) is 1. The first-order valence-corrected chi connectivity index (χ1v) is 18.5. The Bertz CT molecular complexity index is 1430. The fraction of sp³-hybridized carbons (Fsp3) is 0.559. The molecule has 0 radical (unpaired) electrons. The zero-order valence-corrected chi connectivity index (χ0v) is 27.8. The van der Waals surface area contributed by atoms with Crippen LogP contribution in [-0.2, 0) is 25.8 Å². The van der Waals surface area contributed by atoms with Gasteiger partial charge in [-0.05, 0) is 62.8 Å². The van der Waals surface area contributed by atoms with Gasteiger partial charge in [-0.25, -0.2) is 8.42 Å². The van der Waals surface area contributed by atoms with Crippen LogP contribution in [0, 0.1) is 0 Å². The molecule has 2 aromatic rings. The molecule has 4 rings (SSSR count). The molecule has 5 N–H and O–H groups in total. The lowest BCUT2D eigenvalue weighted by Gasteiger charge is -2.28. The van der Waals surface area contributed by atoms with Crippen molar-refractivity contribution < 1.29 is 27.9 Å². The van der Waals surface area contributed by atoms with Gasteiger partial charge in [-0.1, -0.05) is 49.6 Å². The summed E-state index contributed by atoms with van der Waals surface area (Å²) in [5.74, 6) is -0.514. The summed E-state index contributed by atoms with van der Waals surface area (Å²) in [7, 11) is -3.11. The van der Waals surface area contributed by atoms with Gasteiger partial charge in [-0.2, -0.15) is 0 Å². The van der Waals surface area contributed by atoms with Crippen molar-refractivity contribution in [3.63, 3.8) is 0 Å². The molecular weight excluding hydrogens is 606 g/mol. The Morgan fingerprint density at radius 2 is 1.78 bits per heavy atom. The Morgan fingerprint density at radius 1 is 1.04 bits per heavy atom. The zero-order chi connectivity index (χ0) is 33.1. The third-order valence-corrected chi connectivity index (χ3v) is 9.67. The molecule has 2 fully saturated rings. The Kier molecular flexibility index (Phi) is 13.0. The van der Waals surface area contributed by atoms with Crippen molar-refractivity contribution in [3.8, 4) is 0 Å². The quantitative estimate of drug-likeness (QED) is 0.173. The molecule has 0 spiro atoms. The zero-order valence-electron chi connectivity index (χ0n) is 27.0. The minimum absolute atomic E-state index is 0.0225. The van der Waals surface area contributed by atoms with Crippen molar-refractivity contribution in [2.24, 2.45) is 0 Å². The summed E-state index contributed by atoms with van der Waals surface area (Å²) in [6, 6.07) is 13.7. The molecule has 1 aliphatic heterocycles. The van der Waals surface area contributed by atoms with Crippen molar-refractivity contribution in [1.29, 1.82) is 0 Å². The second-order valence-electron chi connectivity index (χ2n) is 12.6. The fourth-order valence-corrected chi connectivity index (χ4v) is 6.67. The molecule has 1 unspecified atom stereocenters. The van der Waals surface area contributed by atoms with Gasteiger partial charge in [0.25, 0.3) is 5.91 Å². The van der Waals surface area contributed by atoms with Gasteiger partial charge in [0.15, 0.2) is 0 Å². The summed E-state index contributed by atoms with van der Waals surface area (Å²) in [5, 5.41) is 23.8. The number of anilines is 2. The Labute approximate surface area is 272 Å². The first-order chi connectivity index (χ1) is 22.0. The number of carbonyl (C=O) groups is 3. The normalized spacial score (nSPS) is 17.7. The number of rotatable bonds is 16. The minimum atomic E-state index is -3.11. The van der Waals surface area contributed by atoms with E-state index in [2.05, 4.69) is 21.3 Å². The molecule has 3 atom stereocenters. The van der Waals surface area contributed by atoms with Crippen LogP contribution < -0.4 is 26.2 Å². The number of nitrogens with one attached hydrogen (secondary N) is 4.